The lowest BCUT2D eigenvalue weighted by atomic mass is 10.2. The number of ether oxygens (including phenoxy) is 1. The highest BCUT2D eigenvalue weighted by Gasteiger charge is 2.28. The molecule has 0 aromatic heterocycles. The van der Waals surface area contributed by atoms with Gasteiger partial charge in [0, 0.05) is 18.8 Å². The predicted octanol–water partition coefficient (Wildman–Crippen LogP) is 4.38. The van der Waals surface area contributed by atoms with Crippen molar-refractivity contribution in [1.29, 1.82) is 0 Å². The van der Waals surface area contributed by atoms with E-state index in [9.17, 15) is 8.42 Å². The lowest BCUT2D eigenvalue weighted by molar-refractivity contribution is 0.340. The number of thiocarbonyl (C=S) groups is 1. The van der Waals surface area contributed by atoms with E-state index in [0.29, 0.717) is 30.5 Å². The molecular formula is C21H27N3O3S2. The molecule has 2 aromatic carbocycles. The summed E-state index contributed by atoms with van der Waals surface area (Å²) >= 11 is 5.41. The van der Waals surface area contributed by atoms with Crippen molar-refractivity contribution in [1.82, 2.24) is 4.31 Å². The number of rotatable bonds is 6. The lowest BCUT2D eigenvalue weighted by Gasteiger charge is -2.27. The van der Waals surface area contributed by atoms with Crippen LogP contribution < -0.4 is 15.4 Å². The zero-order valence-electron chi connectivity index (χ0n) is 16.8. The number of hydrogen-bond donors (Lipinski definition) is 2. The Bertz CT molecular complexity index is 954. The van der Waals surface area contributed by atoms with E-state index in [1.807, 2.05) is 44.2 Å². The molecule has 0 radical (unpaired) electrons. The number of piperidine rings is 1. The summed E-state index contributed by atoms with van der Waals surface area (Å²) in [5, 5.41) is 6.47. The van der Waals surface area contributed by atoms with Gasteiger partial charge in [-0.3, -0.25) is 0 Å². The van der Waals surface area contributed by atoms with Crippen LogP contribution in [0.2, 0.25) is 0 Å². The Morgan fingerprint density at radius 2 is 1.76 bits per heavy atom. The summed E-state index contributed by atoms with van der Waals surface area (Å²) in [6, 6.07) is 12.8. The summed E-state index contributed by atoms with van der Waals surface area (Å²) in [4.78, 5) is 0.259. The fourth-order valence-corrected chi connectivity index (χ4v) is 5.25. The summed E-state index contributed by atoms with van der Waals surface area (Å²) < 4.78 is 33.4. The fourth-order valence-electron chi connectivity index (χ4n) is 3.28. The average Bonchev–Trinajstić information content (AvgIpc) is 2.71. The average molecular weight is 434 g/mol. The normalized spacial score (nSPS) is 15.0. The molecule has 6 nitrogen and oxygen atoms in total. The largest absolute Gasteiger partial charge is 0.494 e. The van der Waals surface area contributed by atoms with Gasteiger partial charge in [-0.1, -0.05) is 12.5 Å². The number of nitrogens with one attached hydrogen (secondary N) is 2. The van der Waals surface area contributed by atoms with E-state index in [2.05, 4.69) is 10.6 Å². The first-order valence-electron chi connectivity index (χ1n) is 9.82. The molecule has 2 aromatic rings. The van der Waals surface area contributed by atoms with E-state index in [-0.39, 0.29) is 4.90 Å². The Morgan fingerprint density at radius 3 is 2.41 bits per heavy atom. The molecular weight excluding hydrogens is 406 g/mol. The van der Waals surface area contributed by atoms with Crippen molar-refractivity contribution in [2.75, 3.05) is 30.3 Å². The predicted molar refractivity (Wildman–Crippen MR) is 121 cm³/mol. The Balaban J connectivity index is 1.77. The van der Waals surface area contributed by atoms with Crippen LogP contribution in [0, 0.1) is 6.92 Å². The number of nitrogens with zero attached hydrogens (tertiary/aromatic N) is 1. The molecule has 0 amide bonds. The fraction of sp³-hybridized carbons (Fsp3) is 0.381. The third-order valence-corrected chi connectivity index (χ3v) is 6.88. The van der Waals surface area contributed by atoms with Crippen LogP contribution in [-0.4, -0.2) is 37.5 Å². The van der Waals surface area contributed by atoms with Gasteiger partial charge in [0.15, 0.2) is 5.11 Å². The Hall–Kier alpha value is -2.16. The first-order chi connectivity index (χ1) is 13.9. The molecule has 156 valence electrons. The molecule has 8 heteroatoms. The number of anilines is 2. The SMILES string of the molecule is CCOc1ccc(NC(=S)Nc2ccc(C)cc2S(=O)(=O)N2CCCCC2)cc1. The molecule has 3 rings (SSSR count). The van der Waals surface area contributed by atoms with Gasteiger partial charge < -0.3 is 15.4 Å². The van der Waals surface area contributed by atoms with Gasteiger partial charge in [-0.05, 0) is 80.9 Å². The van der Waals surface area contributed by atoms with Gasteiger partial charge in [0.2, 0.25) is 10.0 Å². The molecule has 0 aliphatic carbocycles. The highest BCUT2D eigenvalue weighted by atomic mass is 32.2. The molecule has 1 saturated heterocycles. The minimum absolute atomic E-state index is 0.259. The van der Waals surface area contributed by atoms with Gasteiger partial charge >= 0.3 is 0 Å². The van der Waals surface area contributed by atoms with Gasteiger partial charge in [-0.25, -0.2) is 8.42 Å². The van der Waals surface area contributed by atoms with Crippen molar-refractivity contribution in [2.24, 2.45) is 0 Å². The van der Waals surface area contributed by atoms with Crippen molar-refractivity contribution in [3.63, 3.8) is 0 Å². The first-order valence-corrected chi connectivity index (χ1v) is 11.7. The summed E-state index contributed by atoms with van der Waals surface area (Å²) in [5.74, 6) is 0.783. The Morgan fingerprint density at radius 1 is 1.07 bits per heavy atom. The molecule has 1 aliphatic heterocycles. The Labute approximate surface area is 178 Å². The second-order valence-corrected chi connectivity index (χ2v) is 9.32. The standard InChI is InChI=1S/C21H27N3O3S2/c1-3-27-18-10-8-17(9-11-18)22-21(28)23-19-12-7-16(2)15-20(19)29(25,26)24-13-5-4-6-14-24/h7-12,15H,3-6,13-14H2,1-2H3,(H2,22,23,28). The van der Waals surface area contributed by atoms with Crippen LogP contribution >= 0.6 is 12.2 Å². The highest BCUT2D eigenvalue weighted by molar-refractivity contribution is 7.89. The van der Waals surface area contributed by atoms with Gasteiger partial charge in [0.25, 0.3) is 0 Å². The molecule has 0 unspecified atom stereocenters. The van der Waals surface area contributed by atoms with E-state index >= 15 is 0 Å². The second-order valence-electron chi connectivity index (χ2n) is 7.00. The number of sulfonamides is 1. The number of hydrogen-bond acceptors (Lipinski definition) is 4. The third-order valence-electron chi connectivity index (χ3n) is 4.74. The molecule has 0 atom stereocenters. The summed E-state index contributed by atoms with van der Waals surface area (Å²) in [7, 11) is -3.58. The topological polar surface area (TPSA) is 70.7 Å². The molecule has 0 saturated carbocycles. The van der Waals surface area contributed by atoms with Crippen molar-refractivity contribution < 1.29 is 13.2 Å². The first kappa shape index (κ1) is 21.5. The molecule has 0 bridgehead atoms. The van der Waals surface area contributed by atoms with Gasteiger partial charge in [-0.2, -0.15) is 4.31 Å². The molecule has 1 heterocycles. The second kappa shape index (κ2) is 9.56. The Kier molecular flexibility index (Phi) is 7.10. The van der Waals surface area contributed by atoms with Crippen LogP contribution in [0.3, 0.4) is 0 Å². The molecule has 29 heavy (non-hydrogen) atoms. The van der Waals surface area contributed by atoms with Crippen molar-refractivity contribution in [3.8, 4) is 5.75 Å². The smallest absolute Gasteiger partial charge is 0.245 e. The summed E-state index contributed by atoms with van der Waals surface area (Å²) in [5.41, 5.74) is 2.15. The monoisotopic (exact) mass is 433 g/mol. The highest BCUT2D eigenvalue weighted by Crippen LogP contribution is 2.28. The third kappa shape index (κ3) is 5.46. The zero-order chi connectivity index (χ0) is 20.9. The van der Waals surface area contributed by atoms with E-state index in [0.717, 1.165) is 36.3 Å². The maximum Gasteiger partial charge on any atom is 0.245 e. The van der Waals surface area contributed by atoms with E-state index in [1.54, 1.807) is 16.4 Å². The molecule has 1 aliphatic rings. The van der Waals surface area contributed by atoms with Gasteiger partial charge in [0.05, 0.1) is 12.3 Å². The van der Waals surface area contributed by atoms with Crippen molar-refractivity contribution >= 4 is 38.7 Å². The molecule has 2 N–H and O–H groups in total. The maximum absolute atomic E-state index is 13.2. The van der Waals surface area contributed by atoms with Gasteiger partial charge in [0.1, 0.15) is 10.6 Å². The number of aryl methyl sites for hydroxylation is 1. The van der Waals surface area contributed by atoms with E-state index in [1.165, 1.54) is 0 Å². The minimum Gasteiger partial charge on any atom is -0.494 e. The van der Waals surface area contributed by atoms with Crippen LogP contribution in [0.5, 0.6) is 5.75 Å². The summed E-state index contributed by atoms with van der Waals surface area (Å²) in [6.07, 6.45) is 2.86. The number of benzene rings is 2. The minimum atomic E-state index is -3.58. The molecule has 1 fully saturated rings. The van der Waals surface area contributed by atoms with Gasteiger partial charge in [-0.15, -0.1) is 0 Å². The zero-order valence-corrected chi connectivity index (χ0v) is 18.4. The van der Waals surface area contributed by atoms with Crippen LogP contribution in [0.15, 0.2) is 47.4 Å². The summed E-state index contributed by atoms with van der Waals surface area (Å²) in [6.45, 7) is 5.54. The molecule has 0 spiro atoms. The quantitative estimate of drug-likeness (QED) is 0.659. The van der Waals surface area contributed by atoms with E-state index < -0.39 is 10.0 Å². The van der Waals surface area contributed by atoms with Crippen LogP contribution in [0.4, 0.5) is 11.4 Å². The van der Waals surface area contributed by atoms with Crippen LogP contribution in [0.25, 0.3) is 0 Å². The van der Waals surface area contributed by atoms with E-state index in [4.69, 9.17) is 17.0 Å². The van der Waals surface area contributed by atoms with Crippen molar-refractivity contribution in [3.05, 3.63) is 48.0 Å². The maximum atomic E-state index is 13.2. The van der Waals surface area contributed by atoms with Crippen molar-refractivity contribution in [2.45, 2.75) is 38.0 Å². The lowest BCUT2D eigenvalue weighted by Crippen LogP contribution is -2.36. The van der Waals surface area contributed by atoms with Crippen LogP contribution in [0.1, 0.15) is 31.7 Å². The van der Waals surface area contributed by atoms with Crippen LogP contribution in [-0.2, 0) is 10.0 Å².